The van der Waals surface area contributed by atoms with E-state index in [-0.39, 0.29) is 47.5 Å². The number of fused-ring (bicyclic) bond motifs is 2. The Hall–Kier alpha value is -2.79. The van der Waals surface area contributed by atoms with E-state index in [1.54, 1.807) is 19.2 Å². The first kappa shape index (κ1) is 26.8. The minimum absolute atomic E-state index is 0.0943. The van der Waals surface area contributed by atoms with Gasteiger partial charge in [0.05, 0.1) is 40.8 Å². The van der Waals surface area contributed by atoms with Crippen molar-refractivity contribution in [1.82, 2.24) is 10.2 Å². The Morgan fingerprint density at radius 2 is 1.95 bits per heavy atom. The number of nitrogens with one attached hydrogen (secondary N) is 1. The number of carbonyl (C=O) groups is 1. The number of aliphatic hydroxyl groups excluding tert-OH is 1. The second kappa shape index (κ2) is 10.1. The van der Waals surface area contributed by atoms with Gasteiger partial charge in [-0.1, -0.05) is 44.2 Å². The third-order valence-corrected chi connectivity index (χ3v) is 10.3. The molecule has 1 unspecified atom stereocenters. The first-order chi connectivity index (χ1) is 18.1. The van der Waals surface area contributed by atoms with Gasteiger partial charge in [-0.3, -0.25) is 15.0 Å². The molecule has 3 aliphatic rings. The van der Waals surface area contributed by atoms with E-state index >= 15 is 0 Å². The van der Waals surface area contributed by atoms with Crippen LogP contribution >= 0.6 is 0 Å². The average Bonchev–Trinajstić information content (AvgIpc) is 3.26. The lowest BCUT2D eigenvalue weighted by atomic mass is 9.87. The molecule has 0 aromatic heterocycles. The number of hydrogen-bond acceptors (Lipinski definition) is 8. The van der Waals surface area contributed by atoms with Gasteiger partial charge < -0.3 is 15.6 Å². The predicted octanol–water partition coefficient (Wildman–Crippen LogP) is 2.90. The highest BCUT2D eigenvalue weighted by Gasteiger charge is 2.43. The van der Waals surface area contributed by atoms with Gasteiger partial charge >= 0.3 is 0 Å². The Kier molecular flexibility index (Phi) is 7.10. The quantitative estimate of drug-likeness (QED) is 0.460. The molecule has 0 saturated carbocycles. The molecule has 0 spiro atoms. The summed E-state index contributed by atoms with van der Waals surface area (Å²) in [5, 5.41) is 14.5. The molecule has 1 aliphatic carbocycles. The van der Waals surface area contributed by atoms with E-state index in [1.165, 1.54) is 11.0 Å². The van der Waals surface area contributed by atoms with Gasteiger partial charge in [0, 0.05) is 13.5 Å². The highest BCUT2D eigenvalue weighted by molar-refractivity contribution is 7.91. The van der Waals surface area contributed by atoms with Crippen molar-refractivity contribution < 1.29 is 23.1 Å². The zero-order chi connectivity index (χ0) is 27.2. The van der Waals surface area contributed by atoms with E-state index in [0.717, 1.165) is 17.5 Å². The Morgan fingerprint density at radius 1 is 1.21 bits per heavy atom. The maximum atomic E-state index is 13.4. The maximum Gasteiger partial charge on any atom is 0.232 e. The number of sulfone groups is 1. The zero-order valence-corrected chi connectivity index (χ0v) is 22.9. The number of nitrogens with zero attached hydrogens (tertiary/aromatic N) is 2. The average molecular weight is 541 g/mol. The second-order valence-electron chi connectivity index (χ2n) is 10.5. The number of carbonyl (C=O) groups excluding carboxylic acids is 1. The lowest BCUT2D eigenvalue weighted by molar-refractivity contribution is -0.131. The van der Waals surface area contributed by atoms with Gasteiger partial charge in [0.15, 0.2) is 15.8 Å². The monoisotopic (exact) mass is 540 g/mol. The molecule has 4 atom stereocenters. The van der Waals surface area contributed by atoms with Crippen LogP contribution < -0.4 is 11.1 Å². The number of nitrogens with two attached hydrogens (primary N) is 1. The summed E-state index contributed by atoms with van der Waals surface area (Å²) in [6.45, 7) is 3.98. The second-order valence-corrected chi connectivity index (χ2v) is 12.6. The Balaban J connectivity index is 1.49. The van der Waals surface area contributed by atoms with Crippen molar-refractivity contribution in [3.8, 4) is 0 Å². The molecule has 0 saturated heterocycles. The van der Waals surface area contributed by atoms with Crippen LogP contribution in [0.25, 0.3) is 0 Å². The molecule has 0 radical (unpaired) electrons. The molecule has 2 aromatic rings. The fourth-order valence-corrected chi connectivity index (χ4v) is 7.73. The normalized spacial score (nSPS) is 26.4. The number of hydrogen-bond donors (Lipinski definition) is 3. The zero-order valence-electron chi connectivity index (χ0n) is 22.1. The number of aliphatic imine (C=N–C) groups is 1. The SMILES string of the molecule is CCC1(CC)CC(=O)N([C@@H]2CCS(=O)(=O)c3ccc(C(O)N[C@@H]4c5ccccc5C[C@H]4OC)cc32)C(N)=N1. The van der Waals surface area contributed by atoms with Crippen molar-refractivity contribution in [2.24, 2.45) is 10.7 Å². The first-order valence-corrected chi connectivity index (χ1v) is 14.9. The van der Waals surface area contributed by atoms with Crippen molar-refractivity contribution in [1.29, 1.82) is 0 Å². The minimum Gasteiger partial charge on any atom is -0.379 e. The van der Waals surface area contributed by atoms with Crippen LogP contribution in [-0.4, -0.2) is 54.8 Å². The summed E-state index contributed by atoms with van der Waals surface area (Å²) in [7, 11) is -1.89. The Morgan fingerprint density at radius 3 is 2.63 bits per heavy atom. The Labute approximate surface area is 224 Å². The third-order valence-electron chi connectivity index (χ3n) is 8.50. The van der Waals surface area contributed by atoms with E-state index in [4.69, 9.17) is 15.5 Å². The standard InChI is InChI=1S/C28H36N4O5S/c1-4-28(5-2)16-24(33)32(27(29)31-28)21-12-13-38(35,36)23-11-10-18(14-20(21)23)26(34)30-25-19-9-7-6-8-17(19)15-22(25)37-3/h6-11,14,21-22,25-26,30,34H,4-5,12-13,15-16H2,1-3H3,(H2,29,31)/t21-,22-,25-,26?/m1/s1. The maximum absolute atomic E-state index is 13.4. The molecule has 2 heterocycles. The molecule has 204 valence electrons. The van der Waals surface area contributed by atoms with Crippen molar-refractivity contribution in [3.63, 3.8) is 0 Å². The van der Waals surface area contributed by atoms with E-state index in [2.05, 4.69) is 11.4 Å². The molecule has 0 bridgehead atoms. The van der Waals surface area contributed by atoms with Crippen LogP contribution in [0.1, 0.15) is 80.1 Å². The van der Waals surface area contributed by atoms with Gasteiger partial charge in [-0.25, -0.2) is 13.4 Å². The molecule has 2 aliphatic heterocycles. The molecule has 4 N–H and O–H groups in total. The highest BCUT2D eigenvalue weighted by Crippen LogP contribution is 2.41. The molecule has 10 heteroatoms. The van der Waals surface area contributed by atoms with Gasteiger partial charge in [-0.2, -0.15) is 0 Å². The van der Waals surface area contributed by atoms with Gasteiger partial charge in [0.1, 0.15) is 6.23 Å². The molecule has 5 rings (SSSR count). The molecular formula is C28H36N4O5S. The number of guanidine groups is 1. The first-order valence-electron chi connectivity index (χ1n) is 13.2. The minimum atomic E-state index is -3.54. The van der Waals surface area contributed by atoms with Crippen LogP contribution in [0.3, 0.4) is 0 Å². The van der Waals surface area contributed by atoms with Gasteiger partial charge in [-0.05, 0) is 53.6 Å². The fourth-order valence-electron chi connectivity index (χ4n) is 6.14. The number of rotatable bonds is 7. The molecule has 2 aromatic carbocycles. The molecule has 0 fully saturated rings. The van der Waals surface area contributed by atoms with Gasteiger partial charge in [0.25, 0.3) is 0 Å². The summed E-state index contributed by atoms with van der Waals surface area (Å²) in [4.78, 5) is 19.7. The summed E-state index contributed by atoms with van der Waals surface area (Å²) < 4.78 is 31.7. The van der Waals surface area contributed by atoms with Crippen LogP contribution in [0.4, 0.5) is 0 Å². The van der Waals surface area contributed by atoms with E-state index in [9.17, 15) is 18.3 Å². The van der Waals surface area contributed by atoms with Gasteiger partial charge in [0.2, 0.25) is 5.91 Å². The lowest BCUT2D eigenvalue weighted by Gasteiger charge is -2.41. The van der Waals surface area contributed by atoms with Crippen molar-refractivity contribution in [3.05, 3.63) is 64.7 Å². The van der Waals surface area contributed by atoms with E-state index in [1.807, 2.05) is 32.0 Å². The summed E-state index contributed by atoms with van der Waals surface area (Å²) in [5.74, 6) is -0.135. The fraction of sp³-hybridized carbons (Fsp3) is 0.500. The molecular weight excluding hydrogens is 504 g/mol. The molecule has 1 amide bonds. The van der Waals surface area contributed by atoms with Crippen LogP contribution in [0.15, 0.2) is 52.4 Å². The summed E-state index contributed by atoms with van der Waals surface area (Å²) in [6.07, 6.45) is 1.30. The van der Waals surface area contributed by atoms with Crippen molar-refractivity contribution >= 4 is 21.7 Å². The highest BCUT2D eigenvalue weighted by atomic mass is 32.2. The molecule has 9 nitrogen and oxygen atoms in total. The van der Waals surface area contributed by atoms with Crippen LogP contribution in [0.2, 0.25) is 0 Å². The summed E-state index contributed by atoms with van der Waals surface area (Å²) in [5.41, 5.74) is 9.02. The number of aliphatic hydroxyl groups is 1. The number of amides is 1. The molecule has 38 heavy (non-hydrogen) atoms. The van der Waals surface area contributed by atoms with Crippen LogP contribution in [0, 0.1) is 0 Å². The van der Waals surface area contributed by atoms with Crippen LogP contribution in [0.5, 0.6) is 0 Å². The third kappa shape index (κ3) is 4.53. The summed E-state index contributed by atoms with van der Waals surface area (Å²) in [6, 6.07) is 12.0. The van der Waals surface area contributed by atoms with Gasteiger partial charge in [-0.15, -0.1) is 0 Å². The smallest absolute Gasteiger partial charge is 0.232 e. The van der Waals surface area contributed by atoms with Crippen LogP contribution in [-0.2, 0) is 25.8 Å². The topological polar surface area (TPSA) is 134 Å². The number of benzene rings is 2. The number of methoxy groups -OCH3 is 1. The van der Waals surface area contributed by atoms with E-state index in [0.29, 0.717) is 24.0 Å². The Bertz CT molecular complexity index is 1370. The lowest BCUT2D eigenvalue weighted by Crippen LogP contribution is -2.53. The van der Waals surface area contributed by atoms with E-state index < -0.39 is 27.6 Å². The predicted molar refractivity (Wildman–Crippen MR) is 144 cm³/mol. The van der Waals surface area contributed by atoms with Crippen molar-refractivity contribution in [2.75, 3.05) is 12.9 Å². The van der Waals surface area contributed by atoms with Crippen molar-refractivity contribution in [2.45, 2.75) is 80.8 Å². The summed E-state index contributed by atoms with van der Waals surface area (Å²) >= 11 is 0. The largest absolute Gasteiger partial charge is 0.379 e. The number of ether oxygens (including phenoxy) is 1.